The molecule has 3 aromatic rings. The van der Waals surface area contributed by atoms with Crippen molar-refractivity contribution >= 4 is 23.2 Å². The van der Waals surface area contributed by atoms with Crippen LogP contribution in [0.2, 0.25) is 0 Å². The summed E-state index contributed by atoms with van der Waals surface area (Å²) in [5, 5.41) is 1.97. The summed E-state index contributed by atoms with van der Waals surface area (Å²) >= 11 is 1.57. The summed E-state index contributed by atoms with van der Waals surface area (Å²) in [5.74, 6) is 0.195. The molecule has 198 valence electrons. The van der Waals surface area contributed by atoms with Gasteiger partial charge < -0.3 is 24.0 Å². The minimum atomic E-state index is -0.497. The number of halogens is 1. The van der Waals surface area contributed by atoms with Gasteiger partial charge >= 0.3 is 0 Å². The summed E-state index contributed by atoms with van der Waals surface area (Å²) in [4.78, 5) is 31.0. The average Bonchev–Trinajstić information content (AvgIpc) is 3.43. The van der Waals surface area contributed by atoms with E-state index in [4.69, 9.17) is 14.2 Å². The van der Waals surface area contributed by atoms with Crippen molar-refractivity contribution in [3.05, 3.63) is 81.8 Å². The van der Waals surface area contributed by atoms with Gasteiger partial charge in [0.15, 0.2) is 11.5 Å². The third-order valence-electron chi connectivity index (χ3n) is 5.86. The third-order valence-corrected chi connectivity index (χ3v) is 6.72. The SMILES string of the molecule is COCCCN(CC(=O)N(CCc1ccc(OC)c(OC)c1)Cc1cccs1)C(=O)c1cccc(F)c1. The molecule has 0 saturated heterocycles. The maximum absolute atomic E-state index is 13.8. The highest BCUT2D eigenvalue weighted by Crippen LogP contribution is 2.28. The van der Waals surface area contributed by atoms with Gasteiger partial charge in [-0.15, -0.1) is 11.3 Å². The van der Waals surface area contributed by atoms with Gasteiger partial charge in [0.2, 0.25) is 5.91 Å². The first-order chi connectivity index (χ1) is 17.9. The molecule has 2 amide bonds. The van der Waals surface area contributed by atoms with Gasteiger partial charge in [-0.2, -0.15) is 0 Å². The van der Waals surface area contributed by atoms with Gasteiger partial charge in [0, 0.05) is 37.2 Å². The Morgan fingerprint density at radius 3 is 2.41 bits per heavy atom. The molecule has 0 unspecified atom stereocenters. The molecule has 0 spiro atoms. The molecule has 0 fully saturated rings. The fraction of sp³-hybridized carbons (Fsp3) is 0.357. The number of thiophene rings is 1. The third kappa shape index (κ3) is 8.30. The largest absolute Gasteiger partial charge is 0.493 e. The van der Waals surface area contributed by atoms with E-state index in [9.17, 15) is 14.0 Å². The minimum absolute atomic E-state index is 0.115. The fourth-order valence-electron chi connectivity index (χ4n) is 3.90. The molecule has 0 N–H and O–H groups in total. The van der Waals surface area contributed by atoms with Gasteiger partial charge in [0.05, 0.1) is 20.8 Å². The molecule has 0 aliphatic heterocycles. The molecule has 2 aromatic carbocycles. The Morgan fingerprint density at radius 2 is 1.73 bits per heavy atom. The molecule has 37 heavy (non-hydrogen) atoms. The Bertz CT molecular complexity index is 1160. The zero-order chi connectivity index (χ0) is 26.6. The molecule has 0 atom stereocenters. The van der Waals surface area contributed by atoms with E-state index >= 15 is 0 Å². The van der Waals surface area contributed by atoms with Crippen LogP contribution in [0.5, 0.6) is 11.5 Å². The van der Waals surface area contributed by atoms with Crippen LogP contribution in [-0.2, 0) is 22.5 Å². The number of carbonyl (C=O) groups is 2. The first-order valence-corrected chi connectivity index (χ1v) is 12.9. The Balaban J connectivity index is 1.77. The zero-order valence-corrected chi connectivity index (χ0v) is 22.3. The van der Waals surface area contributed by atoms with Crippen molar-refractivity contribution in [2.75, 3.05) is 47.6 Å². The Hall–Kier alpha value is -3.43. The van der Waals surface area contributed by atoms with E-state index in [2.05, 4.69) is 0 Å². The van der Waals surface area contributed by atoms with Gasteiger partial charge in [-0.05, 0) is 60.2 Å². The topological polar surface area (TPSA) is 68.3 Å². The number of ether oxygens (including phenoxy) is 3. The summed E-state index contributed by atoms with van der Waals surface area (Å²) in [6, 6.07) is 15.1. The van der Waals surface area contributed by atoms with Crippen molar-refractivity contribution in [2.24, 2.45) is 0 Å². The summed E-state index contributed by atoms with van der Waals surface area (Å²) in [5.41, 5.74) is 1.20. The van der Waals surface area contributed by atoms with Crippen LogP contribution < -0.4 is 9.47 Å². The maximum atomic E-state index is 13.8. The van der Waals surface area contributed by atoms with E-state index < -0.39 is 5.82 Å². The summed E-state index contributed by atoms with van der Waals surface area (Å²) < 4.78 is 29.6. The Morgan fingerprint density at radius 1 is 0.919 bits per heavy atom. The number of hydrogen-bond donors (Lipinski definition) is 0. The molecule has 9 heteroatoms. The summed E-state index contributed by atoms with van der Waals surface area (Å²) in [6.45, 7) is 1.53. The first-order valence-electron chi connectivity index (χ1n) is 12.0. The van der Waals surface area contributed by atoms with Crippen molar-refractivity contribution in [1.82, 2.24) is 9.80 Å². The van der Waals surface area contributed by atoms with Crippen LogP contribution in [0.15, 0.2) is 60.0 Å². The number of nitrogens with zero attached hydrogens (tertiary/aromatic N) is 2. The summed E-state index contributed by atoms with van der Waals surface area (Å²) in [6.07, 6.45) is 1.15. The van der Waals surface area contributed by atoms with Crippen molar-refractivity contribution < 1.29 is 28.2 Å². The highest BCUT2D eigenvalue weighted by Gasteiger charge is 2.23. The van der Waals surface area contributed by atoms with Gasteiger partial charge in [0.25, 0.3) is 5.91 Å². The average molecular weight is 529 g/mol. The van der Waals surface area contributed by atoms with E-state index in [0.29, 0.717) is 50.6 Å². The van der Waals surface area contributed by atoms with E-state index in [1.165, 1.54) is 23.1 Å². The van der Waals surface area contributed by atoms with Gasteiger partial charge in [-0.3, -0.25) is 9.59 Å². The second-order valence-corrected chi connectivity index (χ2v) is 9.45. The number of benzene rings is 2. The molecular weight excluding hydrogens is 495 g/mol. The maximum Gasteiger partial charge on any atom is 0.254 e. The lowest BCUT2D eigenvalue weighted by molar-refractivity contribution is -0.132. The van der Waals surface area contributed by atoms with Crippen molar-refractivity contribution in [2.45, 2.75) is 19.4 Å². The second-order valence-electron chi connectivity index (χ2n) is 8.42. The Kier molecular flexibility index (Phi) is 10.9. The van der Waals surface area contributed by atoms with E-state index in [1.54, 1.807) is 43.6 Å². The lowest BCUT2D eigenvalue weighted by atomic mass is 10.1. The number of amides is 2. The van der Waals surface area contributed by atoms with Crippen molar-refractivity contribution in [3.63, 3.8) is 0 Å². The molecule has 7 nitrogen and oxygen atoms in total. The smallest absolute Gasteiger partial charge is 0.254 e. The zero-order valence-electron chi connectivity index (χ0n) is 21.4. The monoisotopic (exact) mass is 528 g/mol. The van der Waals surface area contributed by atoms with Crippen LogP contribution in [0.4, 0.5) is 4.39 Å². The molecule has 0 bridgehead atoms. The van der Waals surface area contributed by atoms with Crippen LogP contribution in [0, 0.1) is 5.82 Å². The number of rotatable bonds is 14. The fourth-order valence-corrected chi connectivity index (χ4v) is 4.62. The van der Waals surface area contributed by atoms with Crippen LogP contribution in [0.25, 0.3) is 0 Å². The lowest BCUT2D eigenvalue weighted by Crippen LogP contribution is -2.44. The number of methoxy groups -OCH3 is 3. The van der Waals surface area contributed by atoms with E-state index in [1.807, 2.05) is 35.7 Å². The minimum Gasteiger partial charge on any atom is -0.493 e. The molecule has 0 saturated carbocycles. The predicted molar refractivity (Wildman–Crippen MR) is 142 cm³/mol. The number of carbonyl (C=O) groups excluding carboxylic acids is 2. The number of hydrogen-bond acceptors (Lipinski definition) is 6. The molecule has 0 aliphatic rings. The van der Waals surface area contributed by atoms with Gasteiger partial charge in [0.1, 0.15) is 12.4 Å². The quantitative estimate of drug-likeness (QED) is 0.285. The predicted octanol–water partition coefficient (Wildman–Crippen LogP) is 4.65. The normalized spacial score (nSPS) is 10.7. The highest BCUT2D eigenvalue weighted by molar-refractivity contribution is 7.09. The van der Waals surface area contributed by atoms with Crippen LogP contribution in [0.1, 0.15) is 27.2 Å². The highest BCUT2D eigenvalue weighted by atomic mass is 32.1. The standard InChI is InChI=1S/C28H33FN2O5S/c1-34-15-6-13-31(28(33)22-7-4-8-23(29)18-22)20-27(32)30(19-24-9-5-16-37-24)14-12-21-10-11-25(35-2)26(17-21)36-3/h4-5,7-11,16-18H,6,12-15,19-20H2,1-3H3. The van der Waals surface area contributed by atoms with Crippen molar-refractivity contribution in [3.8, 4) is 11.5 Å². The first kappa shape index (κ1) is 28.1. The molecule has 3 rings (SSSR count). The molecule has 0 radical (unpaired) electrons. The molecule has 1 heterocycles. The van der Waals surface area contributed by atoms with Crippen LogP contribution >= 0.6 is 11.3 Å². The second kappa shape index (κ2) is 14.3. The van der Waals surface area contributed by atoms with E-state index in [-0.39, 0.29) is 23.9 Å². The van der Waals surface area contributed by atoms with Crippen LogP contribution in [-0.4, -0.2) is 69.2 Å². The lowest BCUT2D eigenvalue weighted by Gasteiger charge is -2.28. The van der Waals surface area contributed by atoms with Gasteiger partial charge in [-0.1, -0.05) is 18.2 Å². The molecule has 0 aliphatic carbocycles. The molecule has 1 aromatic heterocycles. The van der Waals surface area contributed by atoms with Crippen molar-refractivity contribution in [1.29, 1.82) is 0 Å². The Labute approximate surface area is 221 Å². The van der Waals surface area contributed by atoms with Gasteiger partial charge in [-0.25, -0.2) is 4.39 Å². The van der Waals surface area contributed by atoms with Crippen LogP contribution in [0.3, 0.4) is 0 Å². The molecular formula is C28H33FN2O5S. The van der Waals surface area contributed by atoms with E-state index in [0.717, 1.165) is 10.4 Å². The summed E-state index contributed by atoms with van der Waals surface area (Å²) in [7, 11) is 4.76.